The third kappa shape index (κ3) is 3.82. The number of nitrogens with one attached hydrogen (secondary N) is 1. The van der Waals surface area contributed by atoms with Crippen molar-refractivity contribution < 1.29 is 0 Å². The molecule has 2 atom stereocenters. The normalized spacial score (nSPS) is 25.8. The van der Waals surface area contributed by atoms with Crippen molar-refractivity contribution in [2.24, 2.45) is 5.92 Å². The Morgan fingerprint density at radius 3 is 2.89 bits per heavy atom. The van der Waals surface area contributed by atoms with Crippen LogP contribution in [0.2, 0.25) is 0 Å². The van der Waals surface area contributed by atoms with Crippen LogP contribution in [0.25, 0.3) is 0 Å². The molecule has 1 saturated heterocycles. The molecular weight excluding hydrogens is 224 g/mol. The Bertz CT molecular complexity index is 334. The zero-order valence-electron chi connectivity index (χ0n) is 11.8. The van der Waals surface area contributed by atoms with Crippen molar-refractivity contribution in [1.29, 1.82) is 0 Å². The van der Waals surface area contributed by atoms with Crippen molar-refractivity contribution in [3.63, 3.8) is 0 Å². The Morgan fingerprint density at radius 2 is 2.22 bits per heavy atom. The minimum absolute atomic E-state index is 0.629. The van der Waals surface area contributed by atoms with Crippen LogP contribution in [0.1, 0.15) is 27.2 Å². The van der Waals surface area contributed by atoms with Crippen molar-refractivity contribution in [3.05, 3.63) is 18.5 Å². The highest BCUT2D eigenvalue weighted by Gasteiger charge is 2.24. The van der Waals surface area contributed by atoms with Crippen LogP contribution in [-0.2, 0) is 6.54 Å². The molecule has 2 unspecified atom stereocenters. The SMILES string of the molecule is CC(C)CC1CN(CCn2cccn2)C(C)CN1. The van der Waals surface area contributed by atoms with Crippen LogP contribution >= 0.6 is 0 Å². The van der Waals surface area contributed by atoms with Crippen molar-refractivity contribution in [2.45, 2.75) is 45.8 Å². The van der Waals surface area contributed by atoms with E-state index in [1.54, 1.807) is 0 Å². The lowest BCUT2D eigenvalue weighted by Gasteiger charge is -2.39. The lowest BCUT2D eigenvalue weighted by molar-refractivity contribution is 0.126. The molecule has 0 spiro atoms. The van der Waals surface area contributed by atoms with Gasteiger partial charge in [-0.05, 0) is 25.3 Å². The van der Waals surface area contributed by atoms with Gasteiger partial charge >= 0.3 is 0 Å². The zero-order chi connectivity index (χ0) is 13.0. The fraction of sp³-hybridized carbons (Fsp3) is 0.786. The van der Waals surface area contributed by atoms with Gasteiger partial charge in [-0.15, -0.1) is 0 Å². The lowest BCUT2D eigenvalue weighted by Crippen LogP contribution is -2.56. The Balaban J connectivity index is 1.81. The summed E-state index contributed by atoms with van der Waals surface area (Å²) in [6, 6.07) is 3.27. The van der Waals surface area contributed by atoms with Crippen LogP contribution in [0, 0.1) is 5.92 Å². The first-order valence-corrected chi connectivity index (χ1v) is 7.10. The molecule has 1 aromatic rings. The minimum atomic E-state index is 0.629. The van der Waals surface area contributed by atoms with E-state index in [0.29, 0.717) is 12.1 Å². The molecular formula is C14H26N4. The Morgan fingerprint density at radius 1 is 1.39 bits per heavy atom. The number of rotatable bonds is 5. The van der Waals surface area contributed by atoms with E-state index in [2.05, 4.69) is 36.1 Å². The maximum Gasteiger partial charge on any atom is 0.0536 e. The molecule has 0 aliphatic carbocycles. The predicted octanol–water partition coefficient (Wildman–Crippen LogP) is 1.59. The van der Waals surface area contributed by atoms with E-state index in [9.17, 15) is 0 Å². The van der Waals surface area contributed by atoms with Crippen LogP contribution in [0.3, 0.4) is 0 Å². The summed E-state index contributed by atoms with van der Waals surface area (Å²) < 4.78 is 2.02. The largest absolute Gasteiger partial charge is 0.311 e. The van der Waals surface area contributed by atoms with Crippen molar-refractivity contribution in [3.8, 4) is 0 Å². The van der Waals surface area contributed by atoms with Crippen molar-refractivity contribution >= 4 is 0 Å². The van der Waals surface area contributed by atoms with Crippen LogP contribution in [0.15, 0.2) is 18.5 Å². The summed E-state index contributed by atoms with van der Waals surface area (Å²) in [5.41, 5.74) is 0. The average molecular weight is 250 g/mol. The number of piperazine rings is 1. The smallest absolute Gasteiger partial charge is 0.0536 e. The van der Waals surface area contributed by atoms with E-state index < -0.39 is 0 Å². The van der Waals surface area contributed by atoms with Crippen LogP contribution in [0.4, 0.5) is 0 Å². The summed E-state index contributed by atoms with van der Waals surface area (Å²) in [7, 11) is 0. The van der Waals surface area contributed by atoms with E-state index in [1.165, 1.54) is 13.0 Å². The topological polar surface area (TPSA) is 33.1 Å². The van der Waals surface area contributed by atoms with Gasteiger partial charge in [-0.2, -0.15) is 5.10 Å². The summed E-state index contributed by atoms with van der Waals surface area (Å²) in [5.74, 6) is 0.767. The van der Waals surface area contributed by atoms with Gasteiger partial charge in [0, 0.05) is 44.1 Å². The number of hydrogen-bond acceptors (Lipinski definition) is 3. The maximum atomic E-state index is 4.27. The first-order chi connectivity index (χ1) is 8.65. The molecule has 1 fully saturated rings. The van der Waals surface area contributed by atoms with Gasteiger partial charge in [0.05, 0.1) is 6.54 Å². The van der Waals surface area contributed by atoms with Crippen molar-refractivity contribution in [1.82, 2.24) is 20.0 Å². The summed E-state index contributed by atoms with van der Waals surface area (Å²) in [5, 5.41) is 7.93. The van der Waals surface area contributed by atoms with Gasteiger partial charge in [0.1, 0.15) is 0 Å². The fourth-order valence-electron chi connectivity index (χ4n) is 2.70. The zero-order valence-corrected chi connectivity index (χ0v) is 11.8. The third-order valence-electron chi connectivity index (χ3n) is 3.71. The van der Waals surface area contributed by atoms with Gasteiger partial charge < -0.3 is 5.32 Å². The van der Waals surface area contributed by atoms with Gasteiger partial charge in [-0.1, -0.05) is 13.8 Å². The van der Waals surface area contributed by atoms with Crippen LogP contribution in [0.5, 0.6) is 0 Å². The monoisotopic (exact) mass is 250 g/mol. The Labute approximate surface area is 110 Å². The Kier molecular flexibility index (Phi) is 4.78. The molecule has 102 valence electrons. The molecule has 18 heavy (non-hydrogen) atoms. The second kappa shape index (κ2) is 6.34. The molecule has 2 heterocycles. The minimum Gasteiger partial charge on any atom is -0.311 e. The molecule has 4 heteroatoms. The highest BCUT2D eigenvalue weighted by molar-refractivity contribution is 4.85. The van der Waals surface area contributed by atoms with Gasteiger partial charge in [0.15, 0.2) is 0 Å². The second-order valence-corrected chi connectivity index (χ2v) is 5.85. The van der Waals surface area contributed by atoms with Gasteiger partial charge in [0.25, 0.3) is 0 Å². The molecule has 1 aliphatic heterocycles. The quantitative estimate of drug-likeness (QED) is 0.861. The summed E-state index contributed by atoms with van der Waals surface area (Å²) in [6.07, 6.45) is 5.16. The van der Waals surface area contributed by atoms with E-state index in [-0.39, 0.29) is 0 Å². The maximum absolute atomic E-state index is 4.27. The first-order valence-electron chi connectivity index (χ1n) is 7.10. The first kappa shape index (κ1) is 13.6. The van der Waals surface area contributed by atoms with E-state index in [0.717, 1.165) is 25.6 Å². The molecule has 4 nitrogen and oxygen atoms in total. The van der Waals surface area contributed by atoms with Gasteiger partial charge in [-0.3, -0.25) is 9.58 Å². The van der Waals surface area contributed by atoms with E-state index in [1.807, 2.05) is 23.1 Å². The summed E-state index contributed by atoms with van der Waals surface area (Å²) in [4.78, 5) is 2.59. The molecule has 1 N–H and O–H groups in total. The molecule has 0 radical (unpaired) electrons. The molecule has 2 rings (SSSR count). The average Bonchev–Trinajstić information content (AvgIpc) is 2.82. The highest BCUT2D eigenvalue weighted by atomic mass is 15.3. The van der Waals surface area contributed by atoms with Gasteiger partial charge in [-0.25, -0.2) is 0 Å². The molecule has 0 aromatic carbocycles. The number of nitrogens with zero attached hydrogens (tertiary/aromatic N) is 3. The molecule has 1 aliphatic rings. The lowest BCUT2D eigenvalue weighted by atomic mass is 10.0. The molecule has 0 saturated carbocycles. The summed E-state index contributed by atoms with van der Waals surface area (Å²) in [6.45, 7) is 11.3. The van der Waals surface area contributed by atoms with Crippen molar-refractivity contribution in [2.75, 3.05) is 19.6 Å². The standard InChI is InChI=1S/C14H26N4/c1-12(2)9-14-11-17(13(3)10-15-14)7-8-18-6-4-5-16-18/h4-6,12-15H,7-11H2,1-3H3. The third-order valence-corrected chi connectivity index (χ3v) is 3.71. The van der Waals surface area contributed by atoms with Crippen LogP contribution in [-0.4, -0.2) is 46.4 Å². The number of hydrogen-bond donors (Lipinski definition) is 1. The number of aromatic nitrogens is 2. The Hall–Kier alpha value is -0.870. The fourth-order valence-corrected chi connectivity index (χ4v) is 2.70. The molecule has 0 amide bonds. The van der Waals surface area contributed by atoms with Gasteiger partial charge in [0.2, 0.25) is 0 Å². The molecule has 0 bridgehead atoms. The second-order valence-electron chi connectivity index (χ2n) is 5.85. The van der Waals surface area contributed by atoms with E-state index in [4.69, 9.17) is 0 Å². The van der Waals surface area contributed by atoms with E-state index >= 15 is 0 Å². The molecule has 1 aromatic heterocycles. The highest BCUT2D eigenvalue weighted by Crippen LogP contribution is 2.13. The van der Waals surface area contributed by atoms with Crippen LogP contribution < -0.4 is 5.32 Å². The predicted molar refractivity (Wildman–Crippen MR) is 74.5 cm³/mol. The summed E-state index contributed by atoms with van der Waals surface area (Å²) >= 11 is 0.